The van der Waals surface area contributed by atoms with Crippen LogP contribution in [0.25, 0.3) is 84.4 Å². The maximum Gasteiger partial charge on any atom is 0.165 e. The molecule has 0 radical (unpaired) electrons. The molecule has 0 bridgehead atoms. The molecule has 0 N–H and O–H groups in total. The molecule has 0 fully saturated rings. The largest absolute Gasteiger partial charge is 0.308 e. The molecule has 10 heteroatoms. The fraction of sp³-hybridized carbons (Fsp3) is 0.0930. The van der Waals surface area contributed by atoms with Gasteiger partial charge in [-0.25, -0.2) is 44.9 Å². The van der Waals surface area contributed by atoms with Gasteiger partial charge in [0.1, 0.15) is 23.3 Å². The zero-order chi connectivity index (χ0) is 36.1. The molecule has 0 saturated carbocycles. The van der Waals surface area contributed by atoms with Crippen LogP contribution in [0.5, 0.6) is 0 Å². The molecule has 254 valence electrons. The highest BCUT2D eigenvalue weighted by molar-refractivity contribution is 6.10. The van der Waals surface area contributed by atoms with Gasteiger partial charge in [-0.2, -0.15) is 0 Å². The van der Waals surface area contributed by atoms with E-state index in [4.69, 9.17) is 24.9 Å². The smallest absolute Gasteiger partial charge is 0.165 e. The van der Waals surface area contributed by atoms with Crippen LogP contribution in [0, 0.1) is 27.7 Å². The molecule has 0 saturated heterocycles. The van der Waals surface area contributed by atoms with Crippen LogP contribution in [-0.4, -0.2) is 49.4 Å². The molecule has 0 atom stereocenters. The normalized spacial score (nSPS) is 11.4. The summed E-state index contributed by atoms with van der Waals surface area (Å²) in [6.07, 6.45) is 0. The van der Waals surface area contributed by atoms with Gasteiger partial charge in [0.2, 0.25) is 0 Å². The van der Waals surface area contributed by atoms with Crippen molar-refractivity contribution in [3.8, 4) is 62.6 Å². The minimum Gasteiger partial charge on any atom is -0.308 e. The van der Waals surface area contributed by atoms with Crippen molar-refractivity contribution in [3.05, 3.63) is 145 Å². The Morgan fingerprint density at radius 1 is 0.340 bits per heavy atom. The van der Waals surface area contributed by atoms with Crippen molar-refractivity contribution in [3.63, 3.8) is 0 Å². The zero-order valence-electron chi connectivity index (χ0n) is 29.5. The second-order valence-electron chi connectivity index (χ2n) is 12.9. The lowest BCUT2D eigenvalue weighted by atomic mass is 10.1. The molecule has 0 spiro atoms. The zero-order valence-corrected chi connectivity index (χ0v) is 29.5. The molecule has 9 aromatic rings. The maximum atomic E-state index is 5.03. The fourth-order valence-electron chi connectivity index (χ4n) is 6.84. The summed E-state index contributed by atoms with van der Waals surface area (Å²) in [6, 6.07) is 41.0. The second-order valence-corrected chi connectivity index (χ2v) is 12.9. The molecule has 9 rings (SSSR count). The summed E-state index contributed by atoms with van der Waals surface area (Å²) in [5.74, 6) is 5.54. The monoisotopic (exact) mass is 688 g/mol. The Hall–Kier alpha value is -7.07. The Morgan fingerprint density at radius 3 is 1.40 bits per heavy atom. The molecular formula is C43H32N10. The van der Waals surface area contributed by atoms with Gasteiger partial charge in [0.15, 0.2) is 29.1 Å². The fourth-order valence-corrected chi connectivity index (χ4v) is 6.84. The van der Waals surface area contributed by atoms with Gasteiger partial charge in [-0.05, 0) is 58.0 Å². The van der Waals surface area contributed by atoms with Gasteiger partial charge in [0.25, 0.3) is 0 Å². The summed E-state index contributed by atoms with van der Waals surface area (Å²) in [4.78, 5) is 42.8. The van der Waals surface area contributed by atoms with Gasteiger partial charge in [0, 0.05) is 38.6 Å². The predicted molar refractivity (Wildman–Crippen MR) is 207 cm³/mol. The average Bonchev–Trinajstić information content (AvgIpc) is 3.51. The van der Waals surface area contributed by atoms with E-state index in [1.54, 1.807) is 0 Å². The number of hydrogen-bond donors (Lipinski definition) is 0. The number of rotatable bonds is 6. The predicted octanol–water partition coefficient (Wildman–Crippen LogP) is 8.91. The highest BCUT2D eigenvalue weighted by Gasteiger charge is 2.21. The van der Waals surface area contributed by atoms with Crippen LogP contribution in [-0.2, 0) is 0 Å². The molecule has 4 aromatic heterocycles. The first-order valence-corrected chi connectivity index (χ1v) is 17.3. The van der Waals surface area contributed by atoms with E-state index in [0.29, 0.717) is 52.4 Å². The lowest BCUT2D eigenvalue weighted by Gasteiger charge is -2.15. The first-order chi connectivity index (χ1) is 25.9. The topological polar surface area (TPSA) is 121 Å². The molecule has 0 amide bonds. The van der Waals surface area contributed by atoms with E-state index >= 15 is 0 Å². The van der Waals surface area contributed by atoms with Crippen molar-refractivity contribution in [2.45, 2.75) is 27.7 Å². The quantitative estimate of drug-likeness (QED) is 0.169. The molecule has 4 heterocycles. The maximum absolute atomic E-state index is 5.03. The third kappa shape index (κ3) is 5.95. The van der Waals surface area contributed by atoms with Crippen molar-refractivity contribution in [2.75, 3.05) is 0 Å². The van der Waals surface area contributed by atoms with Crippen LogP contribution >= 0.6 is 0 Å². The van der Waals surface area contributed by atoms with Crippen molar-refractivity contribution in [1.82, 2.24) is 49.4 Å². The van der Waals surface area contributed by atoms with Crippen LogP contribution in [0.1, 0.15) is 23.3 Å². The third-order valence-electron chi connectivity index (χ3n) is 9.09. The van der Waals surface area contributed by atoms with Gasteiger partial charge in [-0.3, -0.25) is 0 Å². The minimum atomic E-state index is 0.564. The lowest BCUT2D eigenvalue weighted by Crippen LogP contribution is -2.05. The summed E-state index contributed by atoms with van der Waals surface area (Å²) in [6.45, 7) is 7.52. The van der Waals surface area contributed by atoms with E-state index in [-0.39, 0.29) is 0 Å². The van der Waals surface area contributed by atoms with Crippen molar-refractivity contribution in [2.24, 2.45) is 0 Å². The summed E-state index contributed by atoms with van der Waals surface area (Å²) in [7, 11) is 0. The Labute approximate surface area is 305 Å². The van der Waals surface area contributed by atoms with E-state index in [1.165, 1.54) is 0 Å². The SMILES string of the molecule is Cc1nc(C)nc(-c2ccc(-n3c4ccccc4c4ccc(-c5nc(-c6ccccc6)nc(-c6ccccc6)n5)cc43)c(-c3nc(C)nc(C)n3)c2)n1. The number of fused-ring (bicyclic) bond motifs is 3. The third-order valence-corrected chi connectivity index (χ3v) is 9.09. The van der Waals surface area contributed by atoms with Crippen molar-refractivity contribution >= 4 is 21.8 Å². The van der Waals surface area contributed by atoms with Crippen LogP contribution in [0.15, 0.2) is 121 Å². The molecule has 0 aliphatic carbocycles. The van der Waals surface area contributed by atoms with E-state index in [1.807, 2.05) is 94.4 Å². The number of nitrogens with zero attached hydrogens (tertiary/aromatic N) is 10. The molecule has 53 heavy (non-hydrogen) atoms. The summed E-state index contributed by atoms with van der Waals surface area (Å²) in [5, 5.41) is 2.20. The molecule has 0 aliphatic heterocycles. The Bertz CT molecular complexity index is 2730. The van der Waals surface area contributed by atoms with E-state index in [9.17, 15) is 0 Å². The Morgan fingerprint density at radius 2 is 0.792 bits per heavy atom. The van der Waals surface area contributed by atoms with Gasteiger partial charge in [0.05, 0.1) is 16.7 Å². The minimum absolute atomic E-state index is 0.564. The molecule has 5 aromatic carbocycles. The van der Waals surface area contributed by atoms with E-state index in [0.717, 1.165) is 55.3 Å². The summed E-state index contributed by atoms with van der Waals surface area (Å²) in [5.41, 5.74) is 7.26. The lowest BCUT2D eigenvalue weighted by molar-refractivity contribution is 0.924. The Kier molecular flexibility index (Phi) is 7.77. The van der Waals surface area contributed by atoms with Crippen LogP contribution in [0.4, 0.5) is 0 Å². The first-order valence-electron chi connectivity index (χ1n) is 17.3. The first kappa shape index (κ1) is 31.9. The van der Waals surface area contributed by atoms with Gasteiger partial charge >= 0.3 is 0 Å². The standard InChI is InChI=1S/C43H32N10/c1-25-44-26(2)47-41(46-25)31-20-22-37(35(23-31)43-48-27(3)45-28(4)49-43)53-36-18-12-11-17-33(36)34-21-19-32(24-38(34)53)42-51-39(29-13-7-5-8-14-29)50-40(52-42)30-15-9-6-10-16-30/h5-24H,1-4H3. The molecule has 0 aliphatic rings. The van der Waals surface area contributed by atoms with Gasteiger partial charge < -0.3 is 4.57 Å². The van der Waals surface area contributed by atoms with E-state index in [2.05, 4.69) is 79.1 Å². The average molecular weight is 689 g/mol. The van der Waals surface area contributed by atoms with Crippen LogP contribution in [0.3, 0.4) is 0 Å². The number of hydrogen-bond acceptors (Lipinski definition) is 9. The molecule has 0 unspecified atom stereocenters. The number of para-hydroxylation sites is 1. The second kappa shape index (κ2) is 12.9. The summed E-state index contributed by atoms with van der Waals surface area (Å²) < 4.78 is 2.27. The summed E-state index contributed by atoms with van der Waals surface area (Å²) >= 11 is 0. The highest BCUT2D eigenvalue weighted by atomic mass is 15.1. The number of benzene rings is 5. The van der Waals surface area contributed by atoms with Crippen molar-refractivity contribution in [1.29, 1.82) is 0 Å². The van der Waals surface area contributed by atoms with Crippen LogP contribution < -0.4 is 0 Å². The van der Waals surface area contributed by atoms with Crippen LogP contribution in [0.2, 0.25) is 0 Å². The highest BCUT2D eigenvalue weighted by Crippen LogP contribution is 2.38. The Balaban J connectivity index is 1.30. The van der Waals surface area contributed by atoms with E-state index < -0.39 is 0 Å². The van der Waals surface area contributed by atoms with Crippen molar-refractivity contribution < 1.29 is 0 Å². The van der Waals surface area contributed by atoms with Gasteiger partial charge in [-0.15, -0.1) is 0 Å². The molecular weight excluding hydrogens is 657 g/mol. The number of aryl methyl sites for hydroxylation is 4. The van der Waals surface area contributed by atoms with Gasteiger partial charge in [-0.1, -0.05) is 91.0 Å². The molecule has 10 nitrogen and oxygen atoms in total. The number of aromatic nitrogens is 10.